The van der Waals surface area contributed by atoms with Crippen molar-refractivity contribution < 1.29 is 13.3 Å². The van der Waals surface area contributed by atoms with Crippen molar-refractivity contribution in [1.82, 2.24) is 19.1 Å². The lowest BCUT2D eigenvalue weighted by molar-refractivity contribution is -0.388. The van der Waals surface area contributed by atoms with Gasteiger partial charge < -0.3 is 4.57 Å². The highest BCUT2D eigenvalue weighted by atomic mass is 32.2. The second-order valence-corrected chi connectivity index (χ2v) is 9.78. The van der Waals surface area contributed by atoms with Crippen LogP contribution in [0.2, 0.25) is 0 Å². The van der Waals surface area contributed by atoms with Crippen molar-refractivity contribution in [2.75, 3.05) is 13.1 Å². The molecule has 9 nitrogen and oxygen atoms in total. The van der Waals surface area contributed by atoms with Gasteiger partial charge in [0.1, 0.15) is 0 Å². The summed E-state index contributed by atoms with van der Waals surface area (Å²) in [5.41, 5.74) is 0.602. The summed E-state index contributed by atoms with van der Waals surface area (Å²) in [7, 11) is -1.96. The predicted molar refractivity (Wildman–Crippen MR) is 112 cm³/mol. The van der Waals surface area contributed by atoms with Gasteiger partial charge in [0.2, 0.25) is 10.0 Å². The highest BCUT2D eigenvalue weighted by Gasteiger charge is 2.30. The average molecular weight is 446 g/mol. The molecule has 0 atom stereocenters. The zero-order chi connectivity index (χ0) is 21.3. The lowest BCUT2D eigenvalue weighted by Crippen LogP contribution is -2.27. The van der Waals surface area contributed by atoms with E-state index in [2.05, 4.69) is 10.2 Å². The Bertz CT molecular complexity index is 1190. The van der Waals surface area contributed by atoms with E-state index in [9.17, 15) is 18.5 Å². The van der Waals surface area contributed by atoms with E-state index in [-0.39, 0.29) is 10.6 Å². The van der Waals surface area contributed by atoms with Gasteiger partial charge in [0.15, 0.2) is 11.0 Å². The fourth-order valence-corrected chi connectivity index (χ4v) is 5.72. The van der Waals surface area contributed by atoms with E-state index in [1.807, 2.05) is 30.3 Å². The van der Waals surface area contributed by atoms with Gasteiger partial charge in [-0.1, -0.05) is 30.3 Å². The fraction of sp³-hybridized carbons (Fsp3) is 0.263. The van der Waals surface area contributed by atoms with E-state index < -0.39 is 14.9 Å². The normalized spacial score (nSPS) is 14.8. The van der Waals surface area contributed by atoms with Gasteiger partial charge in [-0.15, -0.1) is 10.2 Å². The average Bonchev–Trinajstić information content (AvgIpc) is 3.40. The maximum absolute atomic E-state index is 12.8. The molecular weight excluding hydrogens is 426 g/mol. The zero-order valence-corrected chi connectivity index (χ0v) is 17.8. The molecule has 0 amide bonds. The van der Waals surface area contributed by atoms with E-state index >= 15 is 0 Å². The summed E-state index contributed by atoms with van der Waals surface area (Å²) in [6.07, 6.45) is 1.59. The molecule has 1 aliphatic rings. The summed E-state index contributed by atoms with van der Waals surface area (Å²) < 4.78 is 28.6. The highest BCUT2D eigenvalue weighted by Crippen LogP contribution is 2.37. The van der Waals surface area contributed by atoms with Crippen LogP contribution in [0.25, 0.3) is 11.4 Å². The third-order valence-corrected chi connectivity index (χ3v) is 7.90. The molecule has 1 saturated heterocycles. The third kappa shape index (κ3) is 3.83. The van der Waals surface area contributed by atoms with Crippen LogP contribution >= 0.6 is 11.8 Å². The van der Waals surface area contributed by atoms with Crippen LogP contribution in [0.5, 0.6) is 0 Å². The van der Waals surface area contributed by atoms with E-state index in [0.29, 0.717) is 29.0 Å². The van der Waals surface area contributed by atoms with Crippen LogP contribution in [0.15, 0.2) is 63.5 Å². The molecule has 0 saturated carbocycles. The molecule has 1 aliphatic heterocycles. The first kappa shape index (κ1) is 20.5. The molecule has 0 unspecified atom stereocenters. The molecule has 0 radical (unpaired) electrons. The Morgan fingerprint density at radius 2 is 1.77 bits per heavy atom. The van der Waals surface area contributed by atoms with Gasteiger partial charge >= 0.3 is 0 Å². The minimum absolute atomic E-state index is 0.0663. The number of nitro benzene ring substituents is 1. The quantitative estimate of drug-likeness (QED) is 0.423. The minimum Gasteiger partial charge on any atom is -0.305 e. The van der Waals surface area contributed by atoms with Crippen molar-refractivity contribution in [2.45, 2.75) is 27.8 Å². The summed E-state index contributed by atoms with van der Waals surface area (Å²) in [6, 6.07) is 13.5. The lowest BCUT2D eigenvalue weighted by atomic mass is 10.2. The predicted octanol–water partition coefficient (Wildman–Crippen LogP) is 3.33. The molecule has 4 rings (SSSR count). The van der Waals surface area contributed by atoms with Crippen molar-refractivity contribution in [3.63, 3.8) is 0 Å². The van der Waals surface area contributed by atoms with Crippen molar-refractivity contribution >= 4 is 27.5 Å². The number of sulfonamides is 1. The van der Waals surface area contributed by atoms with Gasteiger partial charge in [-0.05, 0) is 36.7 Å². The topological polar surface area (TPSA) is 111 Å². The van der Waals surface area contributed by atoms with Crippen LogP contribution in [-0.4, -0.2) is 45.5 Å². The van der Waals surface area contributed by atoms with Crippen molar-refractivity contribution in [3.8, 4) is 11.4 Å². The molecule has 0 aliphatic carbocycles. The molecule has 156 valence electrons. The monoisotopic (exact) mass is 445 g/mol. The number of hydrogen-bond acceptors (Lipinski definition) is 7. The molecule has 2 heterocycles. The second kappa shape index (κ2) is 8.17. The molecule has 11 heteroatoms. The van der Waals surface area contributed by atoms with Crippen LogP contribution in [0, 0.1) is 10.1 Å². The Morgan fingerprint density at radius 1 is 1.07 bits per heavy atom. The van der Waals surface area contributed by atoms with Gasteiger partial charge in [-0.2, -0.15) is 4.31 Å². The van der Waals surface area contributed by atoms with E-state index in [1.165, 1.54) is 16.4 Å². The van der Waals surface area contributed by atoms with E-state index in [4.69, 9.17) is 0 Å². The first-order chi connectivity index (χ1) is 14.4. The third-order valence-electron chi connectivity index (χ3n) is 4.90. The maximum Gasteiger partial charge on any atom is 0.284 e. The van der Waals surface area contributed by atoms with Crippen LogP contribution in [0.3, 0.4) is 0 Å². The Morgan fingerprint density at radius 3 is 2.43 bits per heavy atom. The standard InChI is InChI=1S/C19H19N5O4S2/c1-22-18(14-7-3-2-4-8-14)20-21-19(22)29-17-10-9-15(13-16(17)24(25)26)30(27,28)23-11-5-6-12-23/h2-4,7-10,13H,5-6,11-12H2,1H3. The van der Waals surface area contributed by atoms with Crippen molar-refractivity contribution in [1.29, 1.82) is 0 Å². The summed E-state index contributed by atoms with van der Waals surface area (Å²) in [5.74, 6) is 0.633. The molecule has 2 aromatic carbocycles. The Hall–Kier alpha value is -2.76. The van der Waals surface area contributed by atoms with E-state index in [0.717, 1.165) is 36.2 Å². The second-order valence-electron chi connectivity index (χ2n) is 6.83. The van der Waals surface area contributed by atoms with Gasteiger partial charge in [0, 0.05) is 31.8 Å². The molecule has 1 fully saturated rings. The largest absolute Gasteiger partial charge is 0.305 e. The Labute approximate surface area is 177 Å². The number of rotatable bonds is 6. The molecule has 3 aromatic rings. The minimum atomic E-state index is -3.74. The number of nitrogens with zero attached hydrogens (tertiary/aromatic N) is 5. The zero-order valence-electron chi connectivity index (χ0n) is 16.1. The van der Waals surface area contributed by atoms with Gasteiger partial charge in [-0.25, -0.2) is 8.42 Å². The van der Waals surface area contributed by atoms with Crippen LogP contribution < -0.4 is 0 Å². The maximum atomic E-state index is 12.8. The molecular formula is C19H19N5O4S2. The smallest absolute Gasteiger partial charge is 0.284 e. The van der Waals surface area contributed by atoms with Gasteiger partial charge in [0.25, 0.3) is 5.69 Å². The molecule has 1 aromatic heterocycles. The molecule has 0 N–H and O–H groups in total. The lowest BCUT2D eigenvalue weighted by Gasteiger charge is -2.15. The van der Waals surface area contributed by atoms with Crippen molar-refractivity contribution in [2.24, 2.45) is 7.05 Å². The summed E-state index contributed by atoms with van der Waals surface area (Å²) in [6.45, 7) is 0.877. The highest BCUT2D eigenvalue weighted by molar-refractivity contribution is 7.99. The van der Waals surface area contributed by atoms with E-state index in [1.54, 1.807) is 11.6 Å². The van der Waals surface area contributed by atoms with Crippen LogP contribution in [-0.2, 0) is 17.1 Å². The van der Waals surface area contributed by atoms with Crippen molar-refractivity contribution in [3.05, 3.63) is 58.6 Å². The van der Waals surface area contributed by atoms with Gasteiger partial charge in [0.05, 0.1) is 14.7 Å². The SMILES string of the molecule is Cn1c(Sc2ccc(S(=O)(=O)N3CCCC3)cc2[N+](=O)[O-])nnc1-c1ccccc1. The summed E-state index contributed by atoms with van der Waals surface area (Å²) in [5, 5.41) is 20.5. The number of hydrogen-bond donors (Lipinski definition) is 0. The number of benzene rings is 2. The molecule has 30 heavy (non-hydrogen) atoms. The summed E-state index contributed by atoms with van der Waals surface area (Å²) >= 11 is 1.08. The Balaban J connectivity index is 1.67. The first-order valence-corrected chi connectivity index (χ1v) is 11.5. The molecule has 0 spiro atoms. The number of aromatic nitrogens is 3. The first-order valence-electron chi connectivity index (χ1n) is 9.29. The number of nitro groups is 1. The van der Waals surface area contributed by atoms with Gasteiger partial charge in [-0.3, -0.25) is 10.1 Å². The Kier molecular flexibility index (Phi) is 5.58. The molecule has 0 bridgehead atoms. The van der Waals surface area contributed by atoms with Crippen LogP contribution in [0.1, 0.15) is 12.8 Å². The summed E-state index contributed by atoms with van der Waals surface area (Å²) in [4.78, 5) is 11.3. The van der Waals surface area contributed by atoms with Crippen LogP contribution in [0.4, 0.5) is 5.69 Å². The fourth-order valence-electron chi connectivity index (χ4n) is 3.30.